The monoisotopic (exact) mass is 346 g/mol. The molecule has 1 heterocycles. The molecule has 6 heteroatoms. The van der Waals surface area contributed by atoms with E-state index >= 15 is 0 Å². The van der Waals surface area contributed by atoms with Crippen molar-refractivity contribution < 1.29 is 9.59 Å². The van der Waals surface area contributed by atoms with Crippen molar-refractivity contribution in [3.05, 3.63) is 78.0 Å². The highest BCUT2D eigenvalue weighted by Crippen LogP contribution is 2.18. The van der Waals surface area contributed by atoms with Gasteiger partial charge in [0, 0.05) is 22.9 Å². The Hall–Kier alpha value is -3.54. The van der Waals surface area contributed by atoms with Crippen molar-refractivity contribution >= 4 is 17.9 Å². The van der Waals surface area contributed by atoms with Gasteiger partial charge in [-0.25, -0.2) is 0 Å². The molecular formula is C20H18N4O2. The highest BCUT2D eigenvalue weighted by atomic mass is 16.2. The molecule has 1 amide bonds. The summed E-state index contributed by atoms with van der Waals surface area (Å²) in [6.45, 7) is -0.0591. The molecular weight excluding hydrogens is 328 g/mol. The lowest BCUT2D eigenvalue weighted by atomic mass is 10.1. The first kappa shape index (κ1) is 17.3. The zero-order valence-corrected chi connectivity index (χ0v) is 14.1. The van der Waals surface area contributed by atoms with E-state index in [1.165, 1.54) is 0 Å². The summed E-state index contributed by atoms with van der Waals surface area (Å²) in [7, 11) is 0. The Morgan fingerprint density at radius 1 is 1.04 bits per heavy atom. The molecule has 0 saturated carbocycles. The summed E-state index contributed by atoms with van der Waals surface area (Å²) >= 11 is 0. The predicted octanol–water partition coefficient (Wildman–Crippen LogP) is 2.49. The van der Waals surface area contributed by atoms with Crippen molar-refractivity contribution in [1.82, 2.24) is 15.5 Å². The van der Waals surface area contributed by atoms with Crippen LogP contribution in [0.25, 0.3) is 11.3 Å². The SMILES string of the molecule is O=C(CN=Cc1cn[nH]c1-c1ccccc1)CNC(=O)c1ccccc1. The number of H-pyrrole nitrogens is 1. The van der Waals surface area contributed by atoms with Crippen LogP contribution in [0.15, 0.2) is 71.9 Å². The number of rotatable bonds is 7. The van der Waals surface area contributed by atoms with Crippen LogP contribution in [0.3, 0.4) is 0 Å². The van der Waals surface area contributed by atoms with Crippen LogP contribution in [0.2, 0.25) is 0 Å². The normalized spacial score (nSPS) is 10.8. The topological polar surface area (TPSA) is 87.2 Å². The average molecular weight is 346 g/mol. The smallest absolute Gasteiger partial charge is 0.251 e. The molecule has 0 fully saturated rings. The average Bonchev–Trinajstić information content (AvgIpc) is 3.16. The third kappa shape index (κ3) is 4.51. The van der Waals surface area contributed by atoms with Crippen molar-refractivity contribution in [1.29, 1.82) is 0 Å². The second kappa shape index (κ2) is 8.53. The van der Waals surface area contributed by atoms with Gasteiger partial charge in [0.2, 0.25) is 0 Å². The summed E-state index contributed by atoms with van der Waals surface area (Å²) in [5.74, 6) is -0.445. The Morgan fingerprint density at radius 2 is 1.73 bits per heavy atom. The van der Waals surface area contributed by atoms with E-state index in [0.29, 0.717) is 5.56 Å². The molecule has 0 bridgehead atoms. The van der Waals surface area contributed by atoms with Crippen LogP contribution in [0.4, 0.5) is 0 Å². The van der Waals surface area contributed by atoms with Crippen molar-refractivity contribution in [3.63, 3.8) is 0 Å². The molecule has 0 radical (unpaired) electrons. The highest BCUT2D eigenvalue weighted by Gasteiger charge is 2.08. The van der Waals surface area contributed by atoms with E-state index in [4.69, 9.17) is 0 Å². The van der Waals surface area contributed by atoms with E-state index in [2.05, 4.69) is 20.5 Å². The molecule has 0 spiro atoms. The molecule has 0 atom stereocenters. The third-order valence-corrected chi connectivity index (χ3v) is 3.71. The van der Waals surface area contributed by atoms with Crippen LogP contribution in [0, 0.1) is 0 Å². The van der Waals surface area contributed by atoms with Gasteiger partial charge < -0.3 is 5.32 Å². The highest BCUT2D eigenvalue weighted by molar-refractivity contribution is 5.97. The predicted molar refractivity (Wildman–Crippen MR) is 100 cm³/mol. The molecule has 0 saturated heterocycles. The number of nitrogens with zero attached hydrogens (tertiary/aromatic N) is 2. The Bertz CT molecular complexity index is 902. The number of nitrogens with one attached hydrogen (secondary N) is 2. The number of benzene rings is 2. The quantitative estimate of drug-likeness (QED) is 0.644. The fraction of sp³-hybridized carbons (Fsp3) is 0.100. The van der Waals surface area contributed by atoms with E-state index in [1.54, 1.807) is 36.7 Å². The summed E-state index contributed by atoms with van der Waals surface area (Å²) < 4.78 is 0. The fourth-order valence-electron chi connectivity index (χ4n) is 2.40. The van der Waals surface area contributed by atoms with Gasteiger partial charge in [0.15, 0.2) is 5.78 Å². The molecule has 3 aromatic rings. The minimum absolute atomic E-state index is 0.00548. The lowest BCUT2D eigenvalue weighted by molar-refractivity contribution is -0.116. The molecule has 130 valence electrons. The molecule has 26 heavy (non-hydrogen) atoms. The largest absolute Gasteiger partial charge is 0.345 e. The molecule has 0 aliphatic carbocycles. The van der Waals surface area contributed by atoms with Crippen molar-refractivity contribution in [2.75, 3.05) is 13.1 Å². The first-order valence-electron chi connectivity index (χ1n) is 8.17. The first-order chi connectivity index (χ1) is 12.7. The Morgan fingerprint density at radius 3 is 2.46 bits per heavy atom. The maximum Gasteiger partial charge on any atom is 0.251 e. The molecule has 0 unspecified atom stereocenters. The number of hydrogen-bond donors (Lipinski definition) is 2. The van der Waals surface area contributed by atoms with Gasteiger partial charge in [-0.1, -0.05) is 48.5 Å². The summed E-state index contributed by atoms with van der Waals surface area (Å²) in [5.41, 5.74) is 3.17. The number of aliphatic imine (C=N–C) groups is 1. The van der Waals surface area contributed by atoms with Crippen molar-refractivity contribution in [2.24, 2.45) is 4.99 Å². The van der Waals surface area contributed by atoms with Gasteiger partial charge in [0.1, 0.15) is 0 Å². The number of carbonyl (C=O) groups excluding carboxylic acids is 2. The third-order valence-electron chi connectivity index (χ3n) is 3.71. The lowest BCUT2D eigenvalue weighted by Gasteiger charge is -2.03. The molecule has 6 nitrogen and oxygen atoms in total. The Labute approximate surface area is 151 Å². The summed E-state index contributed by atoms with van der Waals surface area (Å²) in [6, 6.07) is 18.5. The maximum atomic E-state index is 11.9. The van der Waals surface area contributed by atoms with Crippen LogP contribution < -0.4 is 5.32 Å². The van der Waals surface area contributed by atoms with Gasteiger partial charge in [-0.05, 0) is 12.1 Å². The van der Waals surface area contributed by atoms with E-state index < -0.39 is 0 Å². The van der Waals surface area contributed by atoms with Crippen molar-refractivity contribution in [2.45, 2.75) is 0 Å². The summed E-state index contributed by atoms with van der Waals surface area (Å²) in [6.07, 6.45) is 3.27. The zero-order valence-electron chi connectivity index (χ0n) is 14.1. The number of Topliss-reactive ketones (excluding diaryl/α,β-unsaturated/α-hetero) is 1. The lowest BCUT2D eigenvalue weighted by Crippen LogP contribution is -2.30. The van der Waals surface area contributed by atoms with Crippen LogP contribution in [-0.4, -0.2) is 41.2 Å². The number of ketones is 1. The fourth-order valence-corrected chi connectivity index (χ4v) is 2.40. The van der Waals surface area contributed by atoms with E-state index in [-0.39, 0.29) is 24.8 Å². The standard InChI is InChI=1S/C20H18N4O2/c25-18(14-22-20(26)16-9-5-2-6-10-16)13-21-11-17-12-23-24-19(17)15-7-3-1-4-8-15/h1-12H,13-14H2,(H,22,26)(H,23,24). The second-order valence-electron chi connectivity index (χ2n) is 5.62. The van der Waals surface area contributed by atoms with Gasteiger partial charge in [0.25, 0.3) is 5.91 Å². The van der Waals surface area contributed by atoms with Gasteiger partial charge in [0.05, 0.1) is 25.0 Å². The minimum Gasteiger partial charge on any atom is -0.345 e. The van der Waals surface area contributed by atoms with Gasteiger partial charge in [-0.15, -0.1) is 0 Å². The first-order valence-corrected chi connectivity index (χ1v) is 8.17. The molecule has 0 aliphatic rings. The summed E-state index contributed by atoms with van der Waals surface area (Å²) in [5, 5.41) is 9.57. The Balaban J connectivity index is 1.52. The molecule has 3 rings (SSSR count). The molecule has 2 N–H and O–H groups in total. The molecule has 2 aromatic carbocycles. The Kier molecular flexibility index (Phi) is 5.67. The van der Waals surface area contributed by atoms with E-state index in [1.807, 2.05) is 36.4 Å². The number of amides is 1. The van der Waals surface area contributed by atoms with E-state index in [0.717, 1.165) is 16.8 Å². The van der Waals surface area contributed by atoms with Crippen LogP contribution in [0.5, 0.6) is 0 Å². The number of aromatic nitrogens is 2. The number of aromatic amines is 1. The van der Waals surface area contributed by atoms with Gasteiger partial charge in [-0.3, -0.25) is 19.7 Å². The van der Waals surface area contributed by atoms with Crippen molar-refractivity contribution in [3.8, 4) is 11.3 Å². The van der Waals surface area contributed by atoms with Crippen LogP contribution in [0.1, 0.15) is 15.9 Å². The van der Waals surface area contributed by atoms with Crippen LogP contribution in [-0.2, 0) is 4.79 Å². The van der Waals surface area contributed by atoms with Gasteiger partial charge >= 0.3 is 0 Å². The number of hydrogen-bond acceptors (Lipinski definition) is 4. The maximum absolute atomic E-state index is 11.9. The van der Waals surface area contributed by atoms with Crippen LogP contribution >= 0.6 is 0 Å². The number of carbonyl (C=O) groups is 2. The van der Waals surface area contributed by atoms with Gasteiger partial charge in [-0.2, -0.15) is 5.10 Å². The van der Waals surface area contributed by atoms with E-state index in [9.17, 15) is 9.59 Å². The molecule has 0 aliphatic heterocycles. The minimum atomic E-state index is -0.274. The molecule has 1 aromatic heterocycles. The zero-order chi connectivity index (χ0) is 18.2. The second-order valence-corrected chi connectivity index (χ2v) is 5.62. The summed E-state index contributed by atoms with van der Waals surface area (Å²) in [4.78, 5) is 28.0.